The summed E-state index contributed by atoms with van der Waals surface area (Å²) in [7, 11) is 0. The highest BCUT2D eigenvalue weighted by Gasteiger charge is 2.34. The van der Waals surface area contributed by atoms with Crippen LogP contribution in [-0.4, -0.2) is 22.5 Å². The molecule has 1 amide bonds. The Hall–Kier alpha value is -1.30. The zero-order valence-corrected chi connectivity index (χ0v) is 11.2. The fraction of sp³-hybridized carbons (Fsp3) is 0.455. The van der Waals surface area contributed by atoms with Gasteiger partial charge in [-0.25, -0.2) is 4.79 Å². The monoisotopic (exact) mass is 303 g/mol. The van der Waals surface area contributed by atoms with Gasteiger partial charge in [0.15, 0.2) is 10.4 Å². The number of hydrogen-bond donors (Lipinski definition) is 2. The molecule has 0 spiro atoms. The lowest BCUT2D eigenvalue weighted by Gasteiger charge is -2.25. The van der Waals surface area contributed by atoms with Gasteiger partial charge < -0.3 is 14.8 Å². The third-order valence-corrected chi connectivity index (χ3v) is 2.83. The number of furan rings is 1. The quantitative estimate of drug-likeness (QED) is 0.875. The van der Waals surface area contributed by atoms with Crippen LogP contribution in [0.3, 0.4) is 0 Å². The zero-order chi connectivity index (χ0) is 13.1. The maximum Gasteiger partial charge on any atom is 0.329 e. The second kappa shape index (κ2) is 5.35. The maximum absolute atomic E-state index is 11.8. The molecular formula is C11H14BrNO4. The van der Waals surface area contributed by atoms with Crippen LogP contribution >= 0.6 is 15.9 Å². The number of rotatable bonds is 5. The van der Waals surface area contributed by atoms with Crippen molar-refractivity contribution in [3.05, 3.63) is 22.6 Å². The predicted octanol–water partition coefficient (Wildman–Crippen LogP) is 2.42. The van der Waals surface area contributed by atoms with Crippen LogP contribution in [0, 0.1) is 0 Å². The van der Waals surface area contributed by atoms with Gasteiger partial charge in [0.25, 0.3) is 5.91 Å². The Morgan fingerprint density at radius 3 is 2.59 bits per heavy atom. The number of carbonyl (C=O) groups is 2. The summed E-state index contributed by atoms with van der Waals surface area (Å²) in [5, 5.41) is 11.6. The minimum atomic E-state index is -1.27. The van der Waals surface area contributed by atoms with Crippen molar-refractivity contribution in [1.29, 1.82) is 0 Å². The van der Waals surface area contributed by atoms with E-state index in [0.29, 0.717) is 17.5 Å². The average molecular weight is 304 g/mol. The van der Waals surface area contributed by atoms with E-state index in [0.717, 1.165) is 0 Å². The van der Waals surface area contributed by atoms with Crippen LogP contribution < -0.4 is 5.32 Å². The second-order valence-electron chi connectivity index (χ2n) is 3.95. The van der Waals surface area contributed by atoms with Gasteiger partial charge in [-0.2, -0.15) is 0 Å². The average Bonchev–Trinajstić information content (AvgIpc) is 2.65. The van der Waals surface area contributed by atoms with E-state index in [1.807, 2.05) is 6.92 Å². The molecule has 0 saturated heterocycles. The highest BCUT2D eigenvalue weighted by molar-refractivity contribution is 9.10. The van der Waals surface area contributed by atoms with Gasteiger partial charge in [-0.1, -0.05) is 13.3 Å². The summed E-state index contributed by atoms with van der Waals surface area (Å²) in [5.74, 6) is -1.51. The number of hydrogen-bond acceptors (Lipinski definition) is 3. The number of carbonyl (C=O) groups excluding carboxylic acids is 1. The van der Waals surface area contributed by atoms with Crippen LogP contribution in [0.4, 0.5) is 0 Å². The molecule has 0 aliphatic rings. The molecule has 1 unspecified atom stereocenters. The van der Waals surface area contributed by atoms with Crippen LogP contribution in [-0.2, 0) is 4.79 Å². The molecule has 1 aromatic rings. The van der Waals surface area contributed by atoms with Crippen molar-refractivity contribution in [3.63, 3.8) is 0 Å². The molecule has 0 saturated carbocycles. The number of aliphatic carboxylic acids is 1. The molecule has 0 radical (unpaired) electrons. The molecule has 17 heavy (non-hydrogen) atoms. The van der Waals surface area contributed by atoms with Gasteiger partial charge in [-0.15, -0.1) is 0 Å². The van der Waals surface area contributed by atoms with E-state index < -0.39 is 17.4 Å². The van der Waals surface area contributed by atoms with Crippen LogP contribution in [0.2, 0.25) is 0 Å². The normalized spacial score (nSPS) is 14.1. The Kier molecular flexibility index (Phi) is 4.34. The van der Waals surface area contributed by atoms with Crippen molar-refractivity contribution in [2.24, 2.45) is 0 Å². The smallest absolute Gasteiger partial charge is 0.329 e. The van der Waals surface area contributed by atoms with Gasteiger partial charge in [-0.3, -0.25) is 4.79 Å². The lowest BCUT2D eigenvalue weighted by Crippen LogP contribution is -2.52. The van der Waals surface area contributed by atoms with Crippen LogP contribution in [0.1, 0.15) is 37.2 Å². The molecule has 6 heteroatoms. The third kappa shape index (κ3) is 3.33. The van der Waals surface area contributed by atoms with Crippen molar-refractivity contribution in [1.82, 2.24) is 5.32 Å². The summed E-state index contributed by atoms with van der Waals surface area (Å²) in [4.78, 5) is 22.9. The summed E-state index contributed by atoms with van der Waals surface area (Å²) in [5.41, 5.74) is -1.27. The Bertz CT molecular complexity index is 429. The number of nitrogens with one attached hydrogen (secondary N) is 1. The summed E-state index contributed by atoms with van der Waals surface area (Å²) in [6.45, 7) is 3.34. The largest absolute Gasteiger partial charge is 0.480 e. The second-order valence-corrected chi connectivity index (χ2v) is 4.73. The molecule has 0 bridgehead atoms. The van der Waals surface area contributed by atoms with Crippen molar-refractivity contribution < 1.29 is 19.1 Å². The Labute approximate surface area is 107 Å². The highest BCUT2D eigenvalue weighted by Crippen LogP contribution is 2.17. The Morgan fingerprint density at radius 2 is 2.18 bits per heavy atom. The number of amides is 1. The summed E-state index contributed by atoms with van der Waals surface area (Å²) >= 11 is 3.08. The molecule has 1 aromatic heterocycles. The molecule has 0 aromatic carbocycles. The predicted molar refractivity (Wildman–Crippen MR) is 64.8 cm³/mol. The first-order valence-electron chi connectivity index (χ1n) is 5.20. The highest BCUT2D eigenvalue weighted by atomic mass is 79.9. The third-order valence-electron chi connectivity index (χ3n) is 2.41. The Balaban J connectivity index is 2.81. The van der Waals surface area contributed by atoms with Crippen LogP contribution in [0.15, 0.2) is 21.2 Å². The standard InChI is InChI=1S/C11H14BrNO4/c1-3-6-11(2,10(15)16)13-9(14)7-4-5-8(12)17-7/h4-5H,3,6H2,1-2H3,(H,13,14)(H,15,16). The molecule has 1 rings (SSSR count). The first-order valence-corrected chi connectivity index (χ1v) is 5.99. The lowest BCUT2D eigenvalue weighted by atomic mass is 9.96. The maximum atomic E-state index is 11.8. The first kappa shape index (κ1) is 13.8. The molecule has 0 fully saturated rings. The van der Waals surface area contributed by atoms with Crippen molar-refractivity contribution in [2.75, 3.05) is 0 Å². The van der Waals surface area contributed by atoms with Crippen molar-refractivity contribution >= 4 is 27.8 Å². The van der Waals surface area contributed by atoms with Crippen LogP contribution in [0.25, 0.3) is 0 Å². The van der Waals surface area contributed by atoms with Gasteiger partial charge in [0, 0.05) is 0 Å². The molecule has 5 nitrogen and oxygen atoms in total. The van der Waals surface area contributed by atoms with E-state index in [2.05, 4.69) is 21.2 Å². The SMILES string of the molecule is CCCC(C)(NC(=O)c1ccc(Br)o1)C(=O)O. The molecule has 94 valence electrons. The number of carboxylic acid groups (broad SMARTS) is 1. The lowest BCUT2D eigenvalue weighted by molar-refractivity contribution is -0.144. The minimum Gasteiger partial charge on any atom is -0.480 e. The molecule has 0 aliphatic heterocycles. The minimum absolute atomic E-state index is 0.0838. The molecule has 1 atom stereocenters. The molecule has 1 heterocycles. The summed E-state index contributed by atoms with van der Waals surface area (Å²) in [6.07, 6.45) is 1.01. The Morgan fingerprint density at radius 1 is 1.53 bits per heavy atom. The van der Waals surface area contributed by atoms with Crippen molar-refractivity contribution in [2.45, 2.75) is 32.2 Å². The molecule has 2 N–H and O–H groups in total. The fourth-order valence-corrected chi connectivity index (χ4v) is 1.78. The zero-order valence-electron chi connectivity index (χ0n) is 9.62. The van der Waals surface area contributed by atoms with Gasteiger partial charge in [0.1, 0.15) is 5.54 Å². The van der Waals surface area contributed by atoms with E-state index in [4.69, 9.17) is 9.52 Å². The van der Waals surface area contributed by atoms with Crippen LogP contribution in [0.5, 0.6) is 0 Å². The first-order chi connectivity index (χ1) is 7.89. The van der Waals surface area contributed by atoms with Gasteiger partial charge in [-0.05, 0) is 41.4 Å². The summed E-state index contributed by atoms with van der Waals surface area (Å²) in [6, 6.07) is 3.06. The van der Waals surface area contributed by atoms with E-state index in [1.165, 1.54) is 13.0 Å². The van der Waals surface area contributed by atoms with Gasteiger partial charge >= 0.3 is 5.97 Å². The molecular weight excluding hydrogens is 290 g/mol. The van der Waals surface area contributed by atoms with E-state index in [1.54, 1.807) is 6.07 Å². The fourth-order valence-electron chi connectivity index (χ4n) is 1.47. The van der Waals surface area contributed by atoms with E-state index >= 15 is 0 Å². The summed E-state index contributed by atoms with van der Waals surface area (Å²) < 4.78 is 5.49. The van der Waals surface area contributed by atoms with Crippen molar-refractivity contribution in [3.8, 4) is 0 Å². The van der Waals surface area contributed by atoms with E-state index in [9.17, 15) is 9.59 Å². The number of halogens is 1. The number of carboxylic acids is 1. The topological polar surface area (TPSA) is 79.5 Å². The van der Waals surface area contributed by atoms with E-state index in [-0.39, 0.29) is 5.76 Å². The van der Waals surface area contributed by atoms with Gasteiger partial charge in [0.2, 0.25) is 0 Å². The van der Waals surface area contributed by atoms with Gasteiger partial charge in [0.05, 0.1) is 0 Å². The molecule has 0 aliphatic carbocycles.